The van der Waals surface area contributed by atoms with E-state index in [4.69, 9.17) is 4.74 Å². The summed E-state index contributed by atoms with van der Waals surface area (Å²) in [5.41, 5.74) is 2.72. The summed E-state index contributed by atoms with van der Waals surface area (Å²) in [5.74, 6) is 1.07. The van der Waals surface area contributed by atoms with Gasteiger partial charge in [-0.3, -0.25) is 0 Å². The molecule has 1 aliphatic heterocycles. The first kappa shape index (κ1) is 12.4. The van der Waals surface area contributed by atoms with Gasteiger partial charge in [0.2, 0.25) is 0 Å². The largest absolute Gasteiger partial charge is 0.493 e. The lowest BCUT2D eigenvalue weighted by molar-refractivity contribution is 0.357. The van der Waals surface area contributed by atoms with Gasteiger partial charge < -0.3 is 15.4 Å². The van der Waals surface area contributed by atoms with E-state index in [-0.39, 0.29) is 0 Å². The molecule has 0 atom stereocenters. The Bertz CT molecular complexity index is 352. The van der Waals surface area contributed by atoms with Crippen molar-refractivity contribution in [2.75, 3.05) is 26.7 Å². The van der Waals surface area contributed by atoms with Gasteiger partial charge in [-0.25, -0.2) is 0 Å². The van der Waals surface area contributed by atoms with Gasteiger partial charge in [-0.1, -0.05) is 12.1 Å². The van der Waals surface area contributed by atoms with Crippen LogP contribution < -0.4 is 15.4 Å². The highest BCUT2D eigenvalue weighted by molar-refractivity contribution is 5.39. The molecule has 0 amide bonds. The molecular formula is C14H22N2O. The summed E-state index contributed by atoms with van der Waals surface area (Å²) in [5, 5.41) is 6.65. The average molecular weight is 234 g/mol. The molecule has 0 bridgehead atoms. The molecule has 3 heteroatoms. The molecule has 17 heavy (non-hydrogen) atoms. The van der Waals surface area contributed by atoms with Gasteiger partial charge in [-0.05, 0) is 50.2 Å². The van der Waals surface area contributed by atoms with Crippen LogP contribution in [0, 0.1) is 0 Å². The van der Waals surface area contributed by atoms with Crippen LogP contribution in [0.3, 0.4) is 0 Å². The highest BCUT2D eigenvalue weighted by Crippen LogP contribution is 2.25. The van der Waals surface area contributed by atoms with E-state index in [9.17, 15) is 0 Å². The van der Waals surface area contributed by atoms with Crippen LogP contribution >= 0.6 is 0 Å². The smallest absolute Gasteiger partial charge is 0.122 e. The van der Waals surface area contributed by atoms with E-state index in [1.807, 2.05) is 7.05 Å². The monoisotopic (exact) mass is 234 g/mol. The van der Waals surface area contributed by atoms with E-state index in [1.54, 1.807) is 0 Å². The molecule has 0 aliphatic carbocycles. The van der Waals surface area contributed by atoms with Crippen molar-refractivity contribution in [1.82, 2.24) is 10.6 Å². The Kier molecular flexibility index (Phi) is 4.83. The topological polar surface area (TPSA) is 33.3 Å². The van der Waals surface area contributed by atoms with Crippen LogP contribution in [0.2, 0.25) is 0 Å². The number of nitrogens with one attached hydrogen (secondary N) is 2. The molecule has 2 N–H and O–H groups in total. The fourth-order valence-corrected chi connectivity index (χ4v) is 2.13. The number of hydrogen-bond acceptors (Lipinski definition) is 3. The Labute approximate surface area is 104 Å². The Morgan fingerprint density at radius 2 is 2.12 bits per heavy atom. The van der Waals surface area contributed by atoms with Crippen LogP contribution in [0.25, 0.3) is 0 Å². The van der Waals surface area contributed by atoms with E-state index in [0.29, 0.717) is 0 Å². The van der Waals surface area contributed by atoms with Gasteiger partial charge in [-0.15, -0.1) is 0 Å². The number of benzene rings is 1. The molecule has 0 radical (unpaired) electrons. The molecule has 0 unspecified atom stereocenters. The van der Waals surface area contributed by atoms with Crippen LogP contribution in [0.15, 0.2) is 18.2 Å². The Balaban J connectivity index is 1.69. The molecule has 1 aliphatic rings. The number of hydrogen-bond donors (Lipinski definition) is 2. The zero-order valence-electron chi connectivity index (χ0n) is 10.6. The first-order chi connectivity index (χ1) is 8.40. The summed E-state index contributed by atoms with van der Waals surface area (Å²) in [6.07, 6.45) is 3.53. The maximum atomic E-state index is 5.50. The summed E-state index contributed by atoms with van der Waals surface area (Å²) < 4.78 is 5.50. The molecule has 1 aromatic rings. The van der Waals surface area contributed by atoms with E-state index in [1.165, 1.54) is 24.0 Å². The first-order valence-electron chi connectivity index (χ1n) is 6.50. The third-order valence-electron chi connectivity index (χ3n) is 3.11. The fraction of sp³-hybridized carbons (Fsp3) is 0.571. The van der Waals surface area contributed by atoms with E-state index in [0.717, 1.165) is 38.4 Å². The summed E-state index contributed by atoms with van der Waals surface area (Å²) in [6.45, 7) is 4.01. The second kappa shape index (κ2) is 6.62. The Morgan fingerprint density at radius 3 is 3.00 bits per heavy atom. The van der Waals surface area contributed by atoms with Gasteiger partial charge in [0.1, 0.15) is 5.75 Å². The van der Waals surface area contributed by atoms with E-state index in [2.05, 4.69) is 28.8 Å². The second-order valence-electron chi connectivity index (χ2n) is 4.53. The maximum Gasteiger partial charge on any atom is 0.122 e. The zero-order valence-corrected chi connectivity index (χ0v) is 10.6. The number of rotatable bonds is 7. The standard InChI is InChI=1S/C14H22N2O/c1-15-7-2-3-8-16-11-12-4-5-14-13(10-12)6-9-17-14/h4-5,10,15-16H,2-3,6-9,11H2,1H3. The molecular weight excluding hydrogens is 212 g/mol. The molecule has 1 heterocycles. The highest BCUT2D eigenvalue weighted by Gasteiger charge is 2.11. The summed E-state index contributed by atoms with van der Waals surface area (Å²) in [6, 6.07) is 6.52. The Morgan fingerprint density at radius 1 is 1.24 bits per heavy atom. The van der Waals surface area contributed by atoms with Gasteiger partial charge in [0.05, 0.1) is 6.61 Å². The molecule has 1 aromatic carbocycles. The lowest BCUT2D eigenvalue weighted by Gasteiger charge is -2.06. The molecule has 0 saturated heterocycles. The summed E-state index contributed by atoms with van der Waals surface area (Å²) in [7, 11) is 2.00. The minimum absolute atomic E-state index is 0.843. The number of unbranched alkanes of at least 4 members (excludes halogenated alkanes) is 1. The van der Waals surface area contributed by atoms with Crippen LogP contribution in [0.4, 0.5) is 0 Å². The predicted octanol–water partition coefficient (Wildman–Crippen LogP) is 1.71. The third-order valence-corrected chi connectivity index (χ3v) is 3.11. The molecule has 0 aromatic heterocycles. The van der Waals surface area contributed by atoms with E-state index < -0.39 is 0 Å². The SMILES string of the molecule is CNCCCCNCc1ccc2c(c1)CCO2. The quantitative estimate of drug-likeness (QED) is 0.705. The van der Waals surface area contributed by atoms with Crippen LogP contribution in [-0.2, 0) is 13.0 Å². The van der Waals surface area contributed by atoms with Crippen molar-refractivity contribution in [3.05, 3.63) is 29.3 Å². The van der Waals surface area contributed by atoms with Crippen molar-refractivity contribution >= 4 is 0 Å². The van der Waals surface area contributed by atoms with Gasteiger partial charge in [0.15, 0.2) is 0 Å². The molecule has 2 rings (SSSR count). The predicted molar refractivity (Wildman–Crippen MR) is 70.5 cm³/mol. The second-order valence-corrected chi connectivity index (χ2v) is 4.53. The zero-order chi connectivity index (χ0) is 11.9. The van der Waals surface area contributed by atoms with E-state index >= 15 is 0 Å². The van der Waals surface area contributed by atoms with Crippen LogP contribution in [0.5, 0.6) is 5.75 Å². The van der Waals surface area contributed by atoms with Crippen LogP contribution in [0.1, 0.15) is 24.0 Å². The molecule has 94 valence electrons. The average Bonchev–Trinajstić information content (AvgIpc) is 2.81. The van der Waals surface area contributed by atoms with Crippen molar-refractivity contribution in [1.29, 1.82) is 0 Å². The van der Waals surface area contributed by atoms with Crippen molar-refractivity contribution in [3.8, 4) is 5.75 Å². The third kappa shape index (κ3) is 3.72. The van der Waals surface area contributed by atoms with Gasteiger partial charge in [0, 0.05) is 13.0 Å². The Hall–Kier alpha value is -1.06. The maximum absolute atomic E-state index is 5.50. The minimum Gasteiger partial charge on any atom is -0.493 e. The van der Waals surface area contributed by atoms with Crippen molar-refractivity contribution in [3.63, 3.8) is 0 Å². The summed E-state index contributed by atoms with van der Waals surface area (Å²) >= 11 is 0. The molecule has 3 nitrogen and oxygen atoms in total. The van der Waals surface area contributed by atoms with Crippen molar-refractivity contribution in [2.24, 2.45) is 0 Å². The minimum atomic E-state index is 0.843. The van der Waals surface area contributed by atoms with Crippen LogP contribution in [-0.4, -0.2) is 26.7 Å². The molecule has 0 saturated carbocycles. The highest BCUT2D eigenvalue weighted by atomic mass is 16.5. The lowest BCUT2D eigenvalue weighted by atomic mass is 10.1. The number of ether oxygens (including phenoxy) is 1. The molecule has 0 fully saturated rings. The number of fused-ring (bicyclic) bond motifs is 1. The fourth-order valence-electron chi connectivity index (χ4n) is 2.13. The lowest BCUT2D eigenvalue weighted by Crippen LogP contribution is -2.16. The van der Waals surface area contributed by atoms with Gasteiger partial charge in [-0.2, -0.15) is 0 Å². The first-order valence-corrected chi connectivity index (χ1v) is 6.50. The molecule has 0 spiro atoms. The van der Waals surface area contributed by atoms with Gasteiger partial charge >= 0.3 is 0 Å². The van der Waals surface area contributed by atoms with Crippen molar-refractivity contribution < 1.29 is 4.74 Å². The summed E-state index contributed by atoms with van der Waals surface area (Å²) in [4.78, 5) is 0. The van der Waals surface area contributed by atoms with Gasteiger partial charge in [0.25, 0.3) is 0 Å². The van der Waals surface area contributed by atoms with Crippen molar-refractivity contribution in [2.45, 2.75) is 25.8 Å². The normalized spacial score (nSPS) is 13.5.